The Kier molecular flexibility index (Phi) is 3.71. The summed E-state index contributed by atoms with van der Waals surface area (Å²) < 4.78 is 1.30. The van der Waals surface area contributed by atoms with Gasteiger partial charge in [-0.1, -0.05) is 6.42 Å². The van der Waals surface area contributed by atoms with Crippen molar-refractivity contribution in [3.63, 3.8) is 0 Å². The number of fused-ring (bicyclic) bond motifs is 1. The van der Waals surface area contributed by atoms with Crippen molar-refractivity contribution in [2.45, 2.75) is 19.3 Å². The Morgan fingerprint density at radius 3 is 3.11 bits per heavy atom. The van der Waals surface area contributed by atoms with Crippen LogP contribution in [0.5, 0.6) is 0 Å². The van der Waals surface area contributed by atoms with E-state index in [-0.39, 0.29) is 0 Å². The van der Waals surface area contributed by atoms with Crippen LogP contribution >= 0.6 is 22.9 Å². The molecule has 1 aliphatic carbocycles. The first-order valence-corrected chi connectivity index (χ1v) is 7.92. The van der Waals surface area contributed by atoms with Crippen molar-refractivity contribution in [1.29, 1.82) is 0 Å². The molecule has 96 valence electrons. The molecule has 1 saturated carbocycles. The highest BCUT2D eigenvalue weighted by Gasteiger charge is 2.26. The second-order valence-corrected chi connectivity index (χ2v) is 6.23. The molecule has 2 heterocycles. The first kappa shape index (κ1) is 12.2. The van der Waals surface area contributed by atoms with E-state index in [1.807, 2.05) is 6.20 Å². The molecule has 2 unspecified atom stereocenters. The van der Waals surface area contributed by atoms with E-state index in [1.54, 1.807) is 11.3 Å². The fourth-order valence-electron chi connectivity index (χ4n) is 2.85. The molecule has 1 aliphatic rings. The van der Waals surface area contributed by atoms with Crippen LogP contribution < -0.4 is 5.32 Å². The number of halogens is 1. The molecule has 4 heteroatoms. The van der Waals surface area contributed by atoms with Gasteiger partial charge in [-0.25, -0.2) is 4.98 Å². The van der Waals surface area contributed by atoms with Gasteiger partial charge in [-0.05, 0) is 42.2 Å². The van der Waals surface area contributed by atoms with Crippen LogP contribution in [0, 0.1) is 11.8 Å². The van der Waals surface area contributed by atoms with Gasteiger partial charge < -0.3 is 5.32 Å². The van der Waals surface area contributed by atoms with Crippen LogP contribution in [0.2, 0.25) is 0 Å². The number of hydrogen-bond acceptors (Lipinski definition) is 3. The monoisotopic (exact) mass is 280 g/mol. The van der Waals surface area contributed by atoms with Gasteiger partial charge in [0.2, 0.25) is 0 Å². The Bertz CT molecular complexity index is 525. The Balaban J connectivity index is 1.71. The SMILES string of the molecule is ClCC1CCCC1CNc1nccc2sccc12. The summed E-state index contributed by atoms with van der Waals surface area (Å²) in [5.41, 5.74) is 0. The molecule has 3 rings (SSSR count). The van der Waals surface area contributed by atoms with Gasteiger partial charge in [0.1, 0.15) is 5.82 Å². The second-order valence-electron chi connectivity index (χ2n) is 4.98. The van der Waals surface area contributed by atoms with Gasteiger partial charge in [0.05, 0.1) is 0 Å². The van der Waals surface area contributed by atoms with Crippen molar-refractivity contribution < 1.29 is 0 Å². The Morgan fingerprint density at radius 1 is 1.33 bits per heavy atom. The van der Waals surface area contributed by atoms with Gasteiger partial charge >= 0.3 is 0 Å². The second kappa shape index (κ2) is 5.45. The number of nitrogens with one attached hydrogen (secondary N) is 1. The van der Waals surface area contributed by atoms with Gasteiger partial charge in [-0.15, -0.1) is 22.9 Å². The summed E-state index contributed by atoms with van der Waals surface area (Å²) in [6.45, 7) is 0.999. The van der Waals surface area contributed by atoms with Gasteiger partial charge in [0.15, 0.2) is 0 Å². The predicted octanol–water partition coefficient (Wildman–Crippen LogP) is 4.36. The number of thiophene rings is 1. The van der Waals surface area contributed by atoms with Crippen LogP contribution in [0.4, 0.5) is 5.82 Å². The maximum Gasteiger partial charge on any atom is 0.134 e. The molecule has 0 bridgehead atoms. The molecule has 1 N–H and O–H groups in total. The molecule has 0 saturated heterocycles. The van der Waals surface area contributed by atoms with Crippen molar-refractivity contribution in [3.8, 4) is 0 Å². The minimum atomic E-state index is 0.681. The van der Waals surface area contributed by atoms with Crippen LogP contribution in [0.1, 0.15) is 19.3 Å². The number of anilines is 1. The minimum Gasteiger partial charge on any atom is -0.369 e. The molecule has 2 aromatic rings. The lowest BCUT2D eigenvalue weighted by atomic mass is 9.98. The fraction of sp³-hybridized carbons (Fsp3) is 0.500. The fourth-order valence-corrected chi connectivity index (χ4v) is 4.04. The van der Waals surface area contributed by atoms with Crippen LogP contribution in [0.25, 0.3) is 10.1 Å². The molecule has 2 aromatic heterocycles. The topological polar surface area (TPSA) is 24.9 Å². The summed E-state index contributed by atoms with van der Waals surface area (Å²) in [4.78, 5) is 4.45. The third-order valence-corrected chi connectivity index (χ3v) is 5.20. The van der Waals surface area contributed by atoms with E-state index in [4.69, 9.17) is 11.6 Å². The molecular formula is C14H17ClN2S. The van der Waals surface area contributed by atoms with Crippen molar-refractivity contribution in [3.05, 3.63) is 23.7 Å². The largest absolute Gasteiger partial charge is 0.369 e. The Labute approximate surface area is 116 Å². The van der Waals surface area contributed by atoms with Crippen LogP contribution in [-0.2, 0) is 0 Å². The van der Waals surface area contributed by atoms with E-state index in [0.29, 0.717) is 11.8 Å². The average molecular weight is 281 g/mol. The quantitative estimate of drug-likeness (QED) is 0.842. The predicted molar refractivity (Wildman–Crippen MR) is 79.7 cm³/mol. The van der Waals surface area contributed by atoms with Crippen molar-refractivity contribution in [2.24, 2.45) is 11.8 Å². The van der Waals surface area contributed by atoms with E-state index >= 15 is 0 Å². The number of rotatable bonds is 4. The lowest BCUT2D eigenvalue weighted by molar-refractivity contribution is 0.444. The van der Waals surface area contributed by atoms with Crippen molar-refractivity contribution >= 4 is 38.8 Å². The smallest absolute Gasteiger partial charge is 0.134 e. The zero-order valence-corrected chi connectivity index (χ0v) is 11.8. The zero-order valence-electron chi connectivity index (χ0n) is 10.2. The van der Waals surface area contributed by atoms with Gasteiger partial charge in [0.25, 0.3) is 0 Å². The number of aromatic nitrogens is 1. The summed E-state index contributed by atoms with van der Waals surface area (Å²) >= 11 is 7.78. The van der Waals surface area contributed by atoms with Crippen molar-refractivity contribution in [1.82, 2.24) is 4.98 Å². The highest BCUT2D eigenvalue weighted by atomic mass is 35.5. The summed E-state index contributed by atoms with van der Waals surface area (Å²) in [6.07, 6.45) is 5.78. The third kappa shape index (κ3) is 2.34. The van der Waals surface area contributed by atoms with Crippen LogP contribution in [0.15, 0.2) is 23.7 Å². The average Bonchev–Trinajstić information content (AvgIpc) is 3.04. The van der Waals surface area contributed by atoms with Gasteiger partial charge in [-0.2, -0.15) is 0 Å². The molecular weight excluding hydrogens is 264 g/mol. The Morgan fingerprint density at radius 2 is 2.22 bits per heavy atom. The normalized spacial score (nSPS) is 23.6. The lowest BCUT2D eigenvalue weighted by Gasteiger charge is -2.18. The van der Waals surface area contributed by atoms with E-state index < -0.39 is 0 Å². The third-order valence-electron chi connectivity index (χ3n) is 3.93. The molecule has 18 heavy (non-hydrogen) atoms. The lowest BCUT2D eigenvalue weighted by Crippen LogP contribution is -2.19. The minimum absolute atomic E-state index is 0.681. The maximum atomic E-state index is 6.02. The molecule has 0 spiro atoms. The summed E-state index contributed by atoms with van der Waals surface area (Å²) in [6, 6.07) is 4.21. The number of hydrogen-bond donors (Lipinski definition) is 1. The molecule has 0 aromatic carbocycles. The van der Waals surface area contributed by atoms with E-state index in [2.05, 4.69) is 27.8 Å². The Hall–Kier alpha value is -0.800. The molecule has 1 fully saturated rings. The molecule has 0 amide bonds. The number of nitrogens with zero attached hydrogens (tertiary/aromatic N) is 1. The number of alkyl halides is 1. The van der Waals surface area contributed by atoms with Crippen LogP contribution in [0.3, 0.4) is 0 Å². The van der Waals surface area contributed by atoms with Crippen LogP contribution in [-0.4, -0.2) is 17.4 Å². The molecule has 0 radical (unpaired) electrons. The summed E-state index contributed by atoms with van der Waals surface area (Å²) in [5.74, 6) is 3.20. The van der Waals surface area contributed by atoms with E-state index in [9.17, 15) is 0 Å². The maximum absolute atomic E-state index is 6.02. The van der Waals surface area contributed by atoms with E-state index in [0.717, 1.165) is 18.2 Å². The molecule has 0 aliphatic heterocycles. The zero-order chi connectivity index (χ0) is 12.4. The standard InChI is InChI=1S/C14H17ClN2S/c15-8-10-2-1-3-11(10)9-17-14-12-5-7-18-13(12)4-6-16-14/h4-7,10-11H,1-3,8-9H2,(H,16,17). The van der Waals surface area contributed by atoms with Gasteiger partial charge in [0, 0.05) is 28.7 Å². The number of pyridine rings is 1. The summed E-state index contributed by atoms with van der Waals surface area (Å²) in [7, 11) is 0. The van der Waals surface area contributed by atoms with E-state index in [1.165, 1.54) is 29.3 Å². The summed E-state index contributed by atoms with van der Waals surface area (Å²) in [5, 5.41) is 6.88. The van der Waals surface area contributed by atoms with Crippen molar-refractivity contribution in [2.75, 3.05) is 17.7 Å². The highest BCUT2D eigenvalue weighted by molar-refractivity contribution is 7.17. The molecule has 2 nitrogen and oxygen atoms in total. The first-order chi connectivity index (χ1) is 8.88. The van der Waals surface area contributed by atoms with Gasteiger partial charge in [-0.3, -0.25) is 0 Å². The first-order valence-electron chi connectivity index (χ1n) is 6.50. The molecule has 2 atom stereocenters. The highest BCUT2D eigenvalue weighted by Crippen LogP contribution is 2.33.